The first kappa shape index (κ1) is 21.3. The van der Waals surface area contributed by atoms with Gasteiger partial charge in [-0.3, -0.25) is 9.69 Å². The van der Waals surface area contributed by atoms with Gasteiger partial charge in [0.25, 0.3) is 5.91 Å². The summed E-state index contributed by atoms with van der Waals surface area (Å²) in [6.07, 6.45) is 0. The van der Waals surface area contributed by atoms with Crippen molar-refractivity contribution < 1.29 is 14.4 Å². The number of aryl methyl sites for hydroxylation is 2. The summed E-state index contributed by atoms with van der Waals surface area (Å²) < 4.78 is 6.58. The Hall–Kier alpha value is -2.44. The standard InChI is InChI=1S/C23H29N3O2S/c1-6-25(7-2)12-13-26(22(27)18-10-8-9-11-20(18)28-5)23-24-19-15-16(3)14-17(4)21(19)29-23/h8-11,14-15H,6-7,12-13H2,1-5H3/p+1. The van der Waals surface area contributed by atoms with Crippen LogP contribution in [0.1, 0.15) is 35.3 Å². The van der Waals surface area contributed by atoms with Crippen molar-refractivity contribution in [2.24, 2.45) is 0 Å². The number of aromatic nitrogens is 1. The Labute approximate surface area is 176 Å². The molecule has 154 valence electrons. The normalized spacial score (nSPS) is 11.2. The highest BCUT2D eigenvalue weighted by molar-refractivity contribution is 7.22. The van der Waals surface area contributed by atoms with Gasteiger partial charge in [-0.25, -0.2) is 4.98 Å². The molecular formula is C23H30N3O2S+. The number of carbonyl (C=O) groups excluding carboxylic acids is 1. The number of carbonyl (C=O) groups is 1. The average molecular weight is 413 g/mol. The lowest BCUT2D eigenvalue weighted by Crippen LogP contribution is -3.12. The summed E-state index contributed by atoms with van der Waals surface area (Å²) in [7, 11) is 1.60. The summed E-state index contributed by atoms with van der Waals surface area (Å²) in [5.74, 6) is 0.522. The molecule has 0 bridgehead atoms. The van der Waals surface area contributed by atoms with Gasteiger partial charge in [0.05, 0.1) is 49.1 Å². The van der Waals surface area contributed by atoms with Gasteiger partial charge in [-0.05, 0) is 57.0 Å². The van der Waals surface area contributed by atoms with E-state index in [4.69, 9.17) is 9.72 Å². The maximum atomic E-state index is 13.5. The molecular weight excluding hydrogens is 382 g/mol. The number of hydrogen-bond donors (Lipinski definition) is 1. The van der Waals surface area contributed by atoms with Crippen molar-refractivity contribution in [2.75, 3.05) is 38.2 Å². The third kappa shape index (κ3) is 4.60. The zero-order valence-electron chi connectivity index (χ0n) is 17.9. The molecule has 3 rings (SSSR count). The van der Waals surface area contributed by atoms with Crippen LogP contribution in [0.3, 0.4) is 0 Å². The highest BCUT2D eigenvalue weighted by atomic mass is 32.1. The van der Waals surface area contributed by atoms with Gasteiger partial charge in [-0.1, -0.05) is 29.5 Å². The highest BCUT2D eigenvalue weighted by Gasteiger charge is 2.25. The monoisotopic (exact) mass is 412 g/mol. The number of anilines is 1. The molecule has 0 saturated carbocycles. The molecule has 0 spiro atoms. The number of quaternary nitrogens is 1. The van der Waals surface area contributed by atoms with Crippen molar-refractivity contribution in [2.45, 2.75) is 27.7 Å². The summed E-state index contributed by atoms with van der Waals surface area (Å²) in [5, 5.41) is 0.746. The van der Waals surface area contributed by atoms with Crippen LogP contribution in [-0.4, -0.2) is 44.2 Å². The topological polar surface area (TPSA) is 46.9 Å². The Balaban J connectivity index is 2.03. The van der Waals surface area contributed by atoms with Crippen molar-refractivity contribution in [3.05, 3.63) is 53.1 Å². The SMILES string of the molecule is CC[NH+](CC)CCN(C(=O)c1ccccc1OC)c1nc2cc(C)cc(C)c2s1. The Morgan fingerprint density at radius 2 is 1.90 bits per heavy atom. The minimum absolute atomic E-state index is 0.0672. The van der Waals surface area contributed by atoms with E-state index >= 15 is 0 Å². The highest BCUT2D eigenvalue weighted by Crippen LogP contribution is 2.33. The van der Waals surface area contributed by atoms with Gasteiger partial charge in [0.2, 0.25) is 0 Å². The molecule has 29 heavy (non-hydrogen) atoms. The molecule has 0 aliphatic heterocycles. The second-order valence-electron chi connectivity index (χ2n) is 7.29. The van der Waals surface area contributed by atoms with E-state index in [1.54, 1.807) is 18.4 Å². The Bertz CT molecular complexity index is 995. The first-order valence-corrected chi connectivity index (χ1v) is 11.0. The van der Waals surface area contributed by atoms with Crippen LogP contribution < -0.4 is 14.5 Å². The third-order valence-corrected chi connectivity index (χ3v) is 6.54. The van der Waals surface area contributed by atoms with Crippen LogP contribution in [-0.2, 0) is 0 Å². The molecule has 5 nitrogen and oxygen atoms in total. The average Bonchev–Trinajstić information content (AvgIpc) is 3.14. The lowest BCUT2D eigenvalue weighted by atomic mass is 10.1. The number of rotatable bonds is 8. The van der Waals surface area contributed by atoms with E-state index in [9.17, 15) is 4.79 Å². The number of likely N-dealkylation sites (N-methyl/N-ethyl adjacent to an activating group) is 1. The van der Waals surface area contributed by atoms with Crippen LogP contribution in [0.25, 0.3) is 10.2 Å². The molecule has 0 atom stereocenters. The Morgan fingerprint density at radius 3 is 2.59 bits per heavy atom. The molecule has 0 unspecified atom stereocenters. The summed E-state index contributed by atoms with van der Waals surface area (Å²) in [4.78, 5) is 21.7. The van der Waals surface area contributed by atoms with Crippen molar-refractivity contribution in [3.63, 3.8) is 0 Å². The summed E-state index contributed by atoms with van der Waals surface area (Å²) in [6, 6.07) is 11.6. The van der Waals surface area contributed by atoms with Crippen LogP contribution in [0, 0.1) is 13.8 Å². The number of thiazole rings is 1. The van der Waals surface area contributed by atoms with E-state index in [0.717, 1.165) is 35.0 Å². The van der Waals surface area contributed by atoms with Gasteiger partial charge in [0.15, 0.2) is 5.13 Å². The minimum Gasteiger partial charge on any atom is -0.496 e. The van der Waals surface area contributed by atoms with Crippen LogP contribution in [0.2, 0.25) is 0 Å². The number of nitrogens with one attached hydrogen (secondary N) is 1. The maximum Gasteiger partial charge on any atom is 0.264 e. The van der Waals surface area contributed by atoms with Crippen molar-refractivity contribution in [3.8, 4) is 5.75 Å². The molecule has 0 radical (unpaired) electrons. The van der Waals surface area contributed by atoms with Crippen LogP contribution in [0.4, 0.5) is 5.13 Å². The second-order valence-corrected chi connectivity index (χ2v) is 8.27. The number of methoxy groups -OCH3 is 1. The van der Waals surface area contributed by atoms with E-state index in [1.807, 2.05) is 29.2 Å². The van der Waals surface area contributed by atoms with Crippen molar-refractivity contribution in [1.29, 1.82) is 0 Å². The van der Waals surface area contributed by atoms with E-state index in [1.165, 1.54) is 16.0 Å². The van der Waals surface area contributed by atoms with E-state index in [2.05, 4.69) is 39.8 Å². The van der Waals surface area contributed by atoms with E-state index in [-0.39, 0.29) is 5.91 Å². The van der Waals surface area contributed by atoms with Gasteiger partial charge >= 0.3 is 0 Å². The van der Waals surface area contributed by atoms with E-state index < -0.39 is 0 Å². The first-order valence-electron chi connectivity index (χ1n) is 10.1. The smallest absolute Gasteiger partial charge is 0.264 e. The Morgan fingerprint density at radius 1 is 1.17 bits per heavy atom. The Kier molecular flexibility index (Phi) is 6.87. The lowest BCUT2D eigenvalue weighted by Gasteiger charge is -2.23. The molecule has 1 N–H and O–H groups in total. The molecule has 1 heterocycles. The number of hydrogen-bond acceptors (Lipinski definition) is 4. The molecule has 3 aromatic rings. The predicted octanol–water partition coefficient (Wildman–Crippen LogP) is 3.49. The van der Waals surface area contributed by atoms with Gasteiger partial charge in [-0.15, -0.1) is 0 Å². The number of amides is 1. The molecule has 0 aliphatic rings. The number of ether oxygens (including phenoxy) is 1. The van der Waals surface area contributed by atoms with Crippen LogP contribution in [0.15, 0.2) is 36.4 Å². The number of para-hydroxylation sites is 1. The molecule has 0 aliphatic carbocycles. The molecule has 0 saturated heterocycles. The maximum absolute atomic E-state index is 13.5. The van der Waals surface area contributed by atoms with Gasteiger partial charge in [0, 0.05) is 0 Å². The molecule has 1 amide bonds. The van der Waals surface area contributed by atoms with Crippen molar-refractivity contribution in [1.82, 2.24) is 4.98 Å². The van der Waals surface area contributed by atoms with Crippen molar-refractivity contribution >= 4 is 32.6 Å². The van der Waals surface area contributed by atoms with E-state index in [0.29, 0.717) is 17.9 Å². The molecule has 2 aromatic carbocycles. The summed E-state index contributed by atoms with van der Waals surface area (Å²) >= 11 is 1.59. The predicted molar refractivity (Wildman–Crippen MR) is 121 cm³/mol. The largest absolute Gasteiger partial charge is 0.496 e. The number of fused-ring (bicyclic) bond motifs is 1. The zero-order chi connectivity index (χ0) is 21.0. The fraction of sp³-hybridized carbons (Fsp3) is 0.391. The quantitative estimate of drug-likeness (QED) is 0.616. The zero-order valence-corrected chi connectivity index (χ0v) is 18.7. The van der Waals surface area contributed by atoms with Crippen LogP contribution >= 0.6 is 11.3 Å². The minimum atomic E-state index is -0.0672. The third-order valence-electron chi connectivity index (χ3n) is 5.31. The second kappa shape index (κ2) is 9.37. The number of benzene rings is 2. The lowest BCUT2D eigenvalue weighted by molar-refractivity contribution is -0.894. The number of nitrogens with zero attached hydrogens (tertiary/aromatic N) is 2. The van der Waals surface area contributed by atoms with Gasteiger partial charge in [-0.2, -0.15) is 0 Å². The molecule has 0 fully saturated rings. The molecule has 1 aromatic heterocycles. The van der Waals surface area contributed by atoms with Gasteiger partial charge < -0.3 is 9.64 Å². The van der Waals surface area contributed by atoms with Crippen LogP contribution in [0.5, 0.6) is 5.75 Å². The fourth-order valence-corrected chi connectivity index (χ4v) is 4.64. The van der Waals surface area contributed by atoms with Gasteiger partial charge in [0.1, 0.15) is 5.75 Å². The summed E-state index contributed by atoms with van der Waals surface area (Å²) in [5.41, 5.74) is 3.90. The molecule has 6 heteroatoms. The fourth-order valence-electron chi connectivity index (χ4n) is 3.60. The summed E-state index contributed by atoms with van der Waals surface area (Å²) in [6.45, 7) is 12.1. The first-order chi connectivity index (χ1) is 14.0.